The van der Waals surface area contributed by atoms with Gasteiger partial charge < -0.3 is 9.90 Å². The lowest BCUT2D eigenvalue weighted by atomic mass is 10.2. The van der Waals surface area contributed by atoms with Crippen LogP contribution in [0, 0.1) is 0 Å². The van der Waals surface area contributed by atoms with E-state index in [1.165, 1.54) is 0 Å². The summed E-state index contributed by atoms with van der Waals surface area (Å²) in [6.07, 6.45) is 3.41. The summed E-state index contributed by atoms with van der Waals surface area (Å²) in [5.41, 5.74) is 1.06. The Morgan fingerprint density at radius 1 is 1.04 bits per heavy atom. The summed E-state index contributed by atoms with van der Waals surface area (Å²) >= 11 is 0. The first-order valence-electron chi connectivity index (χ1n) is 7.08. The molecule has 0 saturated heterocycles. The van der Waals surface area contributed by atoms with Crippen LogP contribution in [0.5, 0.6) is 0 Å². The molecule has 5 nitrogen and oxygen atoms in total. The number of aromatic nitrogens is 2. The minimum Gasteiger partial charge on any atom is -0.548 e. The number of carboxylic acid groups (broad SMARTS) is 1. The minimum atomic E-state index is -1.33. The van der Waals surface area contributed by atoms with Crippen LogP contribution >= 0.6 is 0 Å². The molecule has 3 rings (SSSR count). The molecule has 0 spiro atoms. The summed E-state index contributed by atoms with van der Waals surface area (Å²) < 4.78 is 1.11. The number of benzene rings is 2. The fourth-order valence-electron chi connectivity index (χ4n) is 2.33. The van der Waals surface area contributed by atoms with E-state index in [2.05, 4.69) is 4.98 Å². The van der Waals surface area contributed by atoms with Crippen LogP contribution in [0.2, 0.25) is 0 Å². The summed E-state index contributed by atoms with van der Waals surface area (Å²) in [6, 6.07) is 16.3. The zero-order valence-electron chi connectivity index (χ0n) is 12.2. The summed E-state index contributed by atoms with van der Waals surface area (Å²) in [5.74, 6) is -1.06. The van der Waals surface area contributed by atoms with Gasteiger partial charge in [0.1, 0.15) is 5.82 Å². The zero-order valence-corrected chi connectivity index (χ0v) is 12.2. The van der Waals surface area contributed by atoms with Crippen molar-refractivity contribution < 1.29 is 9.90 Å². The smallest absolute Gasteiger partial charge is 0.261 e. The third kappa shape index (κ3) is 3.18. The second kappa shape index (κ2) is 6.27. The molecule has 0 aliphatic heterocycles. The third-order valence-electron chi connectivity index (χ3n) is 3.40. The molecule has 0 saturated carbocycles. The van der Waals surface area contributed by atoms with Crippen molar-refractivity contribution in [3.63, 3.8) is 0 Å². The van der Waals surface area contributed by atoms with Crippen LogP contribution in [-0.4, -0.2) is 15.5 Å². The van der Waals surface area contributed by atoms with Crippen LogP contribution in [0.15, 0.2) is 59.4 Å². The number of hydrogen-bond acceptors (Lipinski definition) is 4. The van der Waals surface area contributed by atoms with Gasteiger partial charge in [-0.05, 0) is 23.8 Å². The molecule has 0 aliphatic rings. The number of rotatable bonds is 4. The van der Waals surface area contributed by atoms with Crippen LogP contribution in [0.4, 0.5) is 0 Å². The molecule has 0 N–H and O–H groups in total. The van der Waals surface area contributed by atoms with E-state index >= 15 is 0 Å². The number of carbonyl (C=O) groups is 1. The van der Waals surface area contributed by atoms with Gasteiger partial charge >= 0.3 is 0 Å². The molecule has 0 fully saturated rings. The van der Waals surface area contributed by atoms with Gasteiger partial charge in [0, 0.05) is 0 Å². The second-order valence-electron chi connectivity index (χ2n) is 4.99. The van der Waals surface area contributed by atoms with E-state index in [1.54, 1.807) is 36.4 Å². The summed E-state index contributed by atoms with van der Waals surface area (Å²) in [5, 5.41) is 11.3. The van der Waals surface area contributed by atoms with Crippen LogP contribution in [-0.2, 0) is 11.3 Å². The molecule has 3 aromatic rings. The molecule has 0 radical (unpaired) electrons. The molecule has 0 unspecified atom stereocenters. The normalized spacial score (nSPS) is 11.1. The molecule has 0 atom stereocenters. The molecule has 0 bridgehead atoms. The maximum Gasteiger partial charge on any atom is 0.261 e. The fraction of sp³-hybridized carbons (Fsp3) is 0.0556. The SMILES string of the molecule is O=C([O-])Cn1c(/C=C/c2ccccc2)nc2ccccc2c1=O. The number of hydrogen-bond donors (Lipinski definition) is 0. The van der Waals surface area contributed by atoms with Gasteiger partial charge in [-0.15, -0.1) is 0 Å². The maximum atomic E-state index is 12.5. The lowest BCUT2D eigenvalue weighted by Gasteiger charge is -2.11. The molecular formula is C18H13N2O3-. The summed E-state index contributed by atoms with van der Waals surface area (Å²) in [4.78, 5) is 27.8. The Hall–Kier alpha value is -3.21. The lowest BCUT2D eigenvalue weighted by Crippen LogP contribution is -2.34. The van der Waals surface area contributed by atoms with Gasteiger partial charge in [0.05, 0.1) is 23.4 Å². The standard InChI is InChI=1S/C18H14N2O3/c21-17(22)12-20-16(11-10-13-6-2-1-3-7-13)19-15-9-5-4-8-14(15)18(20)23/h1-11H,12H2,(H,21,22)/p-1/b11-10+. The highest BCUT2D eigenvalue weighted by molar-refractivity contribution is 5.80. The second-order valence-corrected chi connectivity index (χ2v) is 4.99. The molecule has 0 amide bonds. The topological polar surface area (TPSA) is 75.0 Å². The van der Waals surface area contributed by atoms with E-state index in [0.717, 1.165) is 10.1 Å². The average molecular weight is 305 g/mol. The fourth-order valence-corrected chi connectivity index (χ4v) is 2.33. The van der Waals surface area contributed by atoms with Gasteiger partial charge in [0.15, 0.2) is 0 Å². The van der Waals surface area contributed by atoms with E-state index in [4.69, 9.17) is 0 Å². The van der Waals surface area contributed by atoms with Gasteiger partial charge in [0.2, 0.25) is 0 Å². The number of aliphatic carboxylic acids is 1. The first kappa shape index (κ1) is 14.7. The Labute approximate surface area is 132 Å². The van der Waals surface area contributed by atoms with Crippen molar-refractivity contribution in [1.29, 1.82) is 0 Å². The summed E-state index contributed by atoms with van der Waals surface area (Å²) in [7, 11) is 0. The number of carboxylic acids is 1. The van der Waals surface area contributed by atoms with E-state index < -0.39 is 18.1 Å². The van der Waals surface area contributed by atoms with Crippen LogP contribution < -0.4 is 10.7 Å². The highest BCUT2D eigenvalue weighted by atomic mass is 16.4. The number of carbonyl (C=O) groups excluding carboxylic acids is 1. The van der Waals surface area contributed by atoms with Crippen LogP contribution in [0.3, 0.4) is 0 Å². The Bertz CT molecular complexity index is 943. The van der Waals surface area contributed by atoms with Crippen LogP contribution in [0.25, 0.3) is 23.1 Å². The van der Waals surface area contributed by atoms with Crippen molar-refractivity contribution in [2.75, 3.05) is 0 Å². The highest BCUT2D eigenvalue weighted by Gasteiger charge is 2.08. The number of fused-ring (bicyclic) bond motifs is 1. The molecule has 2 aromatic carbocycles. The summed E-state index contributed by atoms with van der Waals surface area (Å²) in [6.45, 7) is -0.537. The zero-order chi connectivity index (χ0) is 16.2. The van der Waals surface area contributed by atoms with Crippen molar-refractivity contribution in [2.45, 2.75) is 6.54 Å². The molecule has 1 aromatic heterocycles. The molecule has 0 aliphatic carbocycles. The largest absolute Gasteiger partial charge is 0.548 e. The Morgan fingerprint density at radius 2 is 1.74 bits per heavy atom. The van der Waals surface area contributed by atoms with Gasteiger partial charge in [-0.2, -0.15) is 0 Å². The Morgan fingerprint density at radius 3 is 2.48 bits per heavy atom. The average Bonchev–Trinajstić information content (AvgIpc) is 2.56. The number of para-hydroxylation sites is 1. The van der Waals surface area contributed by atoms with Crippen molar-refractivity contribution in [3.05, 3.63) is 76.3 Å². The maximum absolute atomic E-state index is 12.5. The number of nitrogens with zero attached hydrogens (tertiary/aromatic N) is 2. The van der Waals surface area contributed by atoms with Crippen LogP contribution in [0.1, 0.15) is 11.4 Å². The van der Waals surface area contributed by atoms with Gasteiger partial charge in [-0.3, -0.25) is 9.36 Å². The minimum absolute atomic E-state index is 0.279. The van der Waals surface area contributed by atoms with Crippen molar-refractivity contribution in [2.24, 2.45) is 0 Å². The van der Waals surface area contributed by atoms with E-state index in [-0.39, 0.29) is 5.82 Å². The van der Waals surface area contributed by atoms with Crippen molar-refractivity contribution in [1.82, 2.24) is 9.55 Å². The molecule has 114 valence electrons. The lowest BCUT2D eigenvalue weighted by molar-refractivity contribution is -0.306. The van der Waals surface area contributed by atoms with Gasteiger partial charge in [0.25, 0.3) is 5.56 Å². The first-order chi connectivity index (χ1) is 11.1. The van der Waals surface area contributed by atoms with E-state index in [0.29, 0.717) is 10.9 Å². The van der Waals surface area contributed by atoms with Crippen molar-refractivity contribution in [3.8, 4) is 0 Å². The molecular weight excluding hydrogens is 292 g/mol. The quantitative estimate of drug-likeness (QED) is 0.728. The Balaban J connectivity index is 2.15. The van der Waals surface area contributed by atoms with Gasteiger partial charge in [-0.1, -0.05) is 48.5 Å². The van der Waals surface area contributed by atoms with E-state index in [9.17, 15) is 14.7 Å². The Kier molecular flexibility index (Phi) is 4.01. The first-order valence-corrected chi connectivity index (χ1v) is 7.08. The molecule has 1 heterocycles. The molecule has 23 heavy (non-hydrogen) atoms. The molecule has 5 heteroatoms. The predicted octanol–water partition coefficient (Wildman–Crippen LogP) is 1.32. The van der Waals surface area contributed by atoms with Gasteiger partial charge in [-0.25, -0.2) is 4.98 Å². The van der Waals surface area contributed by atoms with Crippen molar-refractivity contribution >= 4 is 29.0 Å². The monoisotopic (exact) mass is 305 g/mol. The third-order valence-corrected chi connectivity index (χ3v) is 3.40. The van der Waals surface area contributed by atoms with E-state index in [1.807, 2.05) is 30.3 Å². The predicted molar refractivity (Wildman–Crippen MR) is 86.4 cm³/mol. The highest BCUT2D eigenvalue weighted by Crippen LogP contribution is 2.11.